The maximum absolute atomic E-state index is 5.66. The second kappa shape index (κ2) is 5.86. The molecule has 2 aliphatic rings. The van der Waals surface area contributed by atoms with Crippen LogP contribution in [0.25, 0.3) is 0 Å². The summed E-state index contributed by atoms with van der Waals surface area (Å²) in [5.41, 5.74) is 16.8. The number of nitrogens with two attached hydrogens (primary N) is 2. The topological polar surface area (TPSA) is 126 Å². The van der Waals surface area contributed by atoms with E-state index >= 15 is 0 Å². The third-order valence-electron chi connectivity index (χ3n) is 3.09. The fourth-order valence-electron chi connectivity index (χ4n) is 2.11. The Morgan fingerprint density at radius 2 is 1.90 bits per heavy atom. The lowest BCUT2D eigenvalue weighted by atomic mass is 9.97. The lowest BCUT2D eigenvalue weighted by molar-refractivity contribution is 0.549. The maximum atomic E-state index is 5.66. The molecule has 112 valence electrons. The molecule has 2 rings (SSSR count). The van der Waals surface area contributed by atoms with E-state index in [0.717, 1.165) is 17.0 Å². The van der Waals surface area contributed by atoms with Gasteiger partial charge in [0.2, 0.25) is 0 Å². The molecule has 0 spiro atoms. The normalized spacial score (nSPS) is 28.4. The zero-order valence-corrected chi connectivity index (χ0v) is 12.6. The van der Waals surface area contributed by atoms with E-state index in [-0.39, 0.29) is 12.1 Å². The molecule has 0 aromatic carbocycles. The van der Waals surface area contributed by atoms with Crippen LogP contribution in [0.4, 0.5) is 0 Å². The fourth-order valence-corrected chi connectivity index (χ4v) is 2.11. The second-order valence-electron chi connectivity index (χ2n) is 5.07. The highest BCUT2D eigenvalue weighted by Gasteiger charge is 2.29. The highest BCUT2D eigenvalue weighted by Crippen LogP contribution is 2.21. The largest absolute Gasteiger partial charge is 0.388 e. The molecule has 2 atom stereocenters. The lowest BCUT2D eigenvalue weighted by Gasteiger charge is -2.14. The minimum absolute atomic E-state index is 0.0276. The molecule has 2 unspecified atom stereocenters. The Labute approximate surface area is 123 Å². The number of hydrogen-bond acceptors (Lipinski definition) is 6. The average Bonchev–Trinajstić information content (AvgIpc) is 2.87. The van der Waals surface area contributed by atoms with Crippen molar-refractivity contribution in [2.45, 2.75) is 33.9 Å². The van der Waals surface area contributed by atoms with Crippen molar-refractivity contribution >= 4 is 28.9 Å². The summed E-state index contributed by atoms with van der Waals surface area (Å²) in [5, 5.41) is 12.3. The van der Waals surface area contributed by atoms with Crippen molar-refractivity contribution in [3.05, 3.63) is 11.6 Å². The minimum atomic E-state index is -0.222. The van der Waals surface area contributed by atoms with Crippen LogP contribution in [0.5, 0.6) is 0 Å². The molecule has 21 heavy (non-hydrogen) atoms. The SMILES string of the molecule is CC(N)=NC1=NN=C(C)/C1=C/C1C(C)=NNC1/N=C(/C)N. The zero-order chi connectivity index (χ0) is 15.6. The molecular weight excluding hydrogens is 268 g/mol. The Balaban J connectivity index is 2.34. The molecule has 8 nitrogen and oxygen atoms in total. The van der Waals surface area contributed by atoms with Crippen molar-refractivity contribution in [2.24, 2.45) is 42.7 Å². The number of hydrazone groups is 1. The summed E-state index contributed by atoms with van der Waals surface area (Å²) in [6.07, 6.45) is 1.78. The quantitative estimate of drug-likeness (QED) is 0.502. The van der Waals surface area contributed by atoms with Crippen LogP contribution in [-0.4, -0.2) is 35.1 Å². The molecule has 0 fully saturated rings. The van der Waals surface area contributed by atoms with Gasteiger partial charge in [-0.1, -0.05) is 6.08 Å². The van der Waals surface area contributed by atoms with E-state index in [4.69, 9.17) is 11.5 Å². The highest BCUT2D eigenvalue weighted by molar-refractivity contribution is 6.27. The van der Waals surface area contributed by atoms with Crippen molar-refractivity contribution in [1.29, 1.82) is 0 Å². The predicted molar refractivity (Wildman–Crippen MR) is 86.7 cm³/mol. The van der Waals surface area contributed by atoms with Gasteiger partial charge in [0.1, 0.15) is 6.17 Å². The Bertz CT molecular complexity index is 612. The fraction of sp³-hybridized carbons (Fsp3) is 0.462. The summed E-state index contributed by atoms with van der Waals surface area (Å²) in [5.74, 6) is 1.42. The van der Waals surface area contributed by atoms with Crippen molar-refractivity contribution in [2.75, 3.05) is 0 Å². The first-order valence-corrected chi connectivity index (χ1v) is 6.63. The van der Waals surface area contributed by atoms with Gasteiger partial charge in [-0.2, -0.15) is 10.2 Å². The van der Waals surface area contributed by atoms with Gasteiger partial charge in [0.15, 0.2) is 5.84 Å². The molecule has 0 saturated carbocycles. The molecule has 5 N–H and O–H groups in total. The van der Waals surface area contributed by atoms with Gasteiger partial charge >= 0.3 is 0 Å². The van der Waals surface area contributed by atoms with Gasteiger partial charge in [0.05, 0.1) is 23.3 Å². The maximum Gasteiger partial charge on any atom is 0.184 e. The van der Waals surface area contributed by atoms with Crippen LogP contribution in [0.3, 0.4) is 0 Å². The van der Waals surface area contributed by atoms with Crippen LogP contribution < -0.4 is 16.9 Å². The summed E-state index contributed by atoms with van der Waals surface area (Å²) in [6, 6.07) is 0. The molecule has 0 aromatic rings. The molecule has 0 aromatic heterocycles. The monoisotopic (exact) mass is 288 g/mol. The van der Waals surface area contributed by atoms with Gasteiger partial charge in [-0.15, -0.1) is 5.10 Å². The van der Waals surface area contributed by atoms with E-state index in [2.05, 4.69) is 30.7 Å². The Morgan fingerprint density at radius 3 is 2.52 bits per heavy atom. The summed E-state index contributed by atoms with van der Waals surface area (Å²) in [6.45, 7) is 7.27. The van der Waals surface area contributed by atoms with Gasteiger partial charge in [-0.25, -0.2) is 9.98 Å². The van der Waals surface area contributed by atoms with Gasteiger partial charge in [0, 0.05) is 11.3 Å². The van der Waals surface area contributed by atoms with Crippen LogP contribution >= 0.6 is 0 Å². The number of nitrogens with zero attached hydrogens (tertiary/aromatic N) is 5. The molecule has 0 aliphatic carbocycles. The standard InChI is InChI=1S/C13H20N8/c1-6-10(12(20-18-6)16-8(3)14)5-11-7(2)19-21-13(11)17-9(4)15/h5,10,12,20H,1-4H3,(H2,14,16)(H2,15,17,21)/b11-5-. The number of amidine groups is 3. The first kappa shape index (κ1) is 14.9. The minimum Gasteiger partial charge on any atom is -0.388 e. The Morgan fingerprint density at radius 1 is 1.19 bits per heavy atom. The third kappa shape index (κ3) is 3.33. The van der Waals surface area contributed by atoms with E-state index in [0.29, 0.717) is 17.5 Å². The molecule has 2 aliphatic heterocycles. The molecule has 0 saturated heterocycles. The van der Waals surface area contributed by atoms with Crippen LogP contribution in [-0.2, 0) is 0 Å². The predicted octanol–water partition coefficient (Wildman–Crippen LogP) is 0.376. The summed E-state index contributed by atoms with van der Waals surface area (Å²) in [7, 11) is 0. The molecule has 0 radical (unpaired) electrons. The van der Waals surface area contributed by atoms with E-state index in [1.54, 1.807) is 13.8 Å². The van der Waals surface area contributed by atoms with Crippen LogP contribution in [0.1, 0.15) is 27.7 Å². The Kier molecular flexibility index (Phi) is 4.15. The zero-order valence-electron chi connectivity index (χ0n) is 12.6. The van der Waals surface area contributed by atoms with E-state index in [9.17, 15) is 0 Å². The van der Waals surface area contributed by atoms with Crippen LogP contribution in [0.2, 0.25) is 0 Å². The molecule has 0 amide bonds. The van der Waals surface area contributed by atoms with Gasteiger partial charge in [0.25, 0.3) is 0 Å². The van der Waals surface area contributed by atoms with Crippen molar-refractivity contribution in [1.82, 2.24) is 5.43 Å². The van der Waals surface area contributed by atoms with E-state index < -0.39 is 0 Å². The molecule has 0 bridgehead atoms. The first-order chi connectivity index (χ1) is 9.88. The van der Waals surface area contributed by atoms with Crippen molar-refractivity contribution < 1.29 is 0 Å². The van der Waals surface area contributed by atoms with Gasteiger partial charge in [-0.05, 0) is 27.7 Å². The summed E-state index contributed by atoms with van der Waals surface area (Å²) < 4.78 is 0. The van der Waals surface area contributed by atoms with E-state index in [1.165, 1.54) is 0 Å². The summed E-state index contributed by atoms with van der Waals surface area (Å²) in [4.78, 5) is 8.55. The lowest BCUT2D eigenvalue weighted by Crippen LogP contribution is -2.29. The molecule has 8 heteroatoms. The number of rotatable bonds is 2. The number of hydrogen-bond donors (Lipinski definition) is 3. The van der Waals surface area contributed by atoms with Crippen LogP contribution in [0.15, 0.2) is 36.9 Å². The van der Waals surface area contributed by atoms with Gasteiger partial charge < -0.3 is 11.5 Å². The number of nitrogens with one attached hydrogen (secondary N) is 1. The Hall–Kier alpha value is -2.51. The van der Waals surface area contributed by atoms with Crippen molar-refractivity contribution in [3.63, 3.8) is 0 Å². The average molecular weight is 288 g/mol. The third-order valence-corrected chi connectivity index (χ3v) is 3.09. The number of aliphatic imine (C=N–C) groups is 2. The molecular formula is C13H20N8. The second-order valence-corrected chi connectivity index (χ2v) is 5.07. The first-order valence-electron chi connectivity index (χ1n) is 6.63. The van der Waals surface area contributed by atoms with Gasteiger partial charge in [-0.3, -0.25) is 5.43 Å². The summed E-state index contributed by atoms with van der Waals surface area (Å²) >= 11 is 0. The smallest absolute Gasteiger partial charge is 0.184 e. The van der Waals surface area contributed by atoms with Crippen molar-refractivity contribution in [3.8, 4) is 0 Å². The van der Waals surface area contributed by atoms with Crippen LogP contribution in [0, 0.1) is 5.92 Å². The molecule has 2 heterocycles. The highest BCUT2D eigenvalue weighted by atomic mass is 15.4. The van der Waals surface area contributed by atoms with E-state index in [1.807, 2.05) is 19.9 Å².